The van der Waals surface area contributed by atoms with Gasteiger partial charge < -0.3 is 14.8 Å². The average molecular weight is 216 g/mol. The van der Waals surface area contributed by atoms with Gasteiger partial charge in [0.25, 0.3) is 0 Å². The van der Waals surface area contributed by atoms with Gasteiger partial charge in [-0.05, 0) is 13.1 Å². The van der Waals surface area contributed by atoms with Crippen LogP contribution in [0.1, 0.15) is 5.56 Å². The second-order valence-electron chi connectivity index (χ2n) is 2.83. The van der Waals surface area contributed by atoms with E-state index >= 15 is 0 Å². The lowest BCUT2D eigenvalue weighted by atomic mass is 10.2. The molecule has 14 heavy (non-hydrogen) atoms. The first-order chi connectivity index (χ1) is 6.72. The van der Waals surface area contributed by atoms with Crippen LogP contribution < -0.4 is 14.8 Å². The third-order valence-electron chi connectivity index (χ3n) is 1.90. The minimum absolute atomic E-state index is 0.567. The summed E-state index contributed by atoms with van der Waals surface area (Å²) in [4.78, 5) is 0. The number of rotatable bonds is 4. The van der Waals surface area contributed by atoms with E-state index in [1.165, 1.54) is 0 Å². The smallest absolute Gasteiger partial charge is 0.142 e. The number of methoxy groups -OCH3 is 2. The van der Waals surface area contributed by atoms with Crippen LogP contribution >= 0.6 is 11.6 Å². The summed E-state index contributed by atoms with van der Waals surface area (Å²) in [6.45, 7) is 0.695. The van der Waals surface area contributed by atoms with Crippen molar-refractivity contribution < 1.29 is 9.47 Å². The van der Waals surface area contributed by atoms with Crippen LogP contribution in [-0.4, -0.2) is 21.3 Å². The van der Waals surface area contributed by atoms with Crippen molar-refractivity contribution in [2.45, 2.75) is 6.54 Å². The third-order valence-corrected chi connectivity index (χ3v) is 2.18. The lowest BCUT2D eigenvalue weighted by Gasteiger charge is -2.11. The Morgan fingerprint density at radius 1 is 1.29 bits per heavy atom. The van der Waals surface area contributed by atoms with Gasteiger partial charge in [0.2, 0.25) is 0 Å². The van der Waals surface area contributed by atoms with E-state index in [-0.39, 0.29) is 0 Å². The van der Waals surface area contributed by atoms with Crippen LogP contribution in [0, 0.1) is 0 Å². The molecule has 0 aromatic heterocycles. The molecule has 0 fully saturated rings. The Kier molecular flexibility index (Phi) is 4.04. The van der Waals surface area contributed by atoms with Gasteiger partial charge in [-0.25, -0.2) is 0 Å². The molecule has 0 saturated heterocycles. The molecule has 78 valence electrons. The Morgan fingerprint density at radius 2 is 2.00 bits per heavy atom. The predicted molar refractivity (Wildman–Crippen MR) is 57.3 cm³/mol. The molecule has 0 spiro atoms. The maximum atomic E-state index is 6.02. The van der Waals surface area contributed by atoms with Crippen LogP contribution in [0.15, 0.2) is 12.1 Å². The fourth-order valence-electron chi connectivity index (χ4n) is 1.29. The molecular formula is C10H14ClNO2. The first-order valence-corrected chi connectivity index (χ1v) is 4.65. The SMILES string of the molecule is CNCc1cc(OC)cc(Cl)c1OC. The number of benzene rings is 1. The third kappa shape index (κ3) is 2.30. The van der Waals surface area contributed by atoms with E-state index in [0.717, 1.165) is 11.3 Å². The van der Waals surface area contributed by atoms with Crippen molar-refractivity contribution in [3.05, 3.63) is 22.7 Å². The summed E-state index contributed by atoms with van der Waals surface area (Å²) >= 11 is 6.02. The minimum atomic E-state index is 0.567. The number of ether oxygens (including phenoxy) is 2. The van der Waals surface area contributed by atoms with Gasteiger partial charge in [-0.3, -0.25) is 0 Å². The highest BCUT2D eigenvalue weighted by Crippen LogP contribution is 2.32. The zero-order valence-electron chi connectivity index (χ0n) is 8.56. The summed E-state index contributed by atoms with van der Waals surface area (Å²) < 4.78 is 10.3. The normalized spacial score (nSPS) is 10.0. The second kappa shape index (κ2) is 5.08. The lowest BCUT2D eigenvalue weighted by molar-refractivity contribution is 0.398. The monoisotopic (exact) mass is 215 g/mol. The van der Waals surface area contributed by atoms with E-state index in [1.807, 2.05) is 13.1 Å². The fraction of sp³-hybridized carbons (Fsp3) is 0.400. The van der Waals surface area contributed by atoms with Gasteiger partial charge in [0.05, 0.1) is 19.2 Å². The van der Waals surface area contributed by atoms with Crippen molar-refractivity contribution in [3.8, 4) is 11.5 Å². The van der Waals surface area contributed by atoms with Crippen molar-refractivity contribution in [2.24, 2.45) is 0 Å². The molecule has 0 atom stereocenters. The summed E-state index contributed by atoms with van der Waals surface area (Å²) in [5.74, 6) is 1.43. The molecule has 0 unspecified atom stereocenters. The Bertz CT molecular complexity index is 315. The van der Waals surface area contributed by atoms with Crippen LogP contribution in [0.3, 0.4) is 0 Å². The standard InChI is InChI=1S/C10H14ClNO2/c1-12-6-7-4-8(13-2)5-9(11)10(7)14-3/h4-5,12H,6H2,1-3H3. The average Bonchev–Trinajstić information content (AvgIpc) is 2.18. The summed E-state index contributed by atoms with van der Waals surface area (Å²) in [5.41, 5.74) is 0.986. The Hall–Kier alpha value is -0.930. The Balaban J connectivity index is 3.13. The van der Waals surface area contributed by atoms with Crippen LogP contribution in [0.5, 0.6) is 11.5 Å². The van der Waals surface area contributed by atoms with Gasteiger partial charge in [0.15, 0.2) is 0 Å². The molecular weight excluding hydrogens is 202 g/mol. The maximum absolute atomic E-state index is 6.02. The molecule has 0 saturated carbocycles. The van der Waals surface area contributed by atoms with Gasteiger partial charge in [-0.2, -0.15) is 0 Å². The van der Waals surface area contributed by atoms with Crippen molar-refractivity contribution in [3.63, 3.8) is 0 Å². The molecule has 1 aromatic rings. The predicted octanol–water partition coefficient (Wildman–Crippen LogP) is 2.08. The zero-order chi connectivity index (χ0) is 10.6. The van der Waals surface area contributed by atoms with Crippen molar-refractivity contribution in [1.82, 2.24) is 5.32 Å². The van der Waals surface area contributed by atoms with E-state index in [4.69, 9.17) is 21.1 Å². The molecule has 1 rings (SSSR count). The van der Waals surface area contributed by atoms with Gasteiger partial charge >= 0.3 is 0 Å². The van der Waals surface area contributed by atoms with E-state index in [1.54, 1.807) is 20.3 Å². The Labute approximate surface area is 89.0 Å². The summed E-state index contributed by atoms with van der Waals surface area (Å²) in [6.07, 6.45) is 0. The van der Waals surface area contributed by atoms with E-state index < -0.39 is 0 Å². The van der Waals surface area contributed by atoms with Gasteiger partial charge in [0.1, 0.15) is 11.5 Å². The largest absolute Gasteiger partial charge is 0.497 e. The zero-order valence-corrected chi connectivity index (χ0v) is 9.31. The highest BCUT2D eigenvalue weighted by atomic mass is 35.5. The first-order valence-electron chi connectivity index (χ1n) is 4.28. The number of hydrogen-bond donors (Lipinski definition) is 1. The van der Waals surface area contributed by atoms with Crippen molar-refractivity contribution >= 4 is 11.6 Å². The molecule has 0 amide bonds. The van der Waals surface area contributed by atoms with Crippen molar-refractivity contribution in [1.29, 1.82) is 0 Å². The lowest BCUT2D eigenvalue weighted by Crippen LogP contribution is -2.07. The minimum Gasteiger partial charge on any atom is -0.497 e. The van der Waals surface area contributed by atoms with Crippen LogP contribution in [-0.2, 0) is 6.54 Å². The van der Waals surface area contributed by atoms with E-state index in [9.17, 15) is 0 Å². The van der Waals surface area contributed by atoms with Crippen LogP contribution in [0.4, 0.5) is 0 Å². The van der Waals surface area contributed by atoms with E-state index in [0.29, 0.717) is 17.3 Å². The molecule has 1 N–H and O–H groups in total. The second-order valence-corrected chi connectivity index (χ2v) is 3.24. The first kappa shape index (κ1) is 11.1. The molecule has 0 aliphatic carbocycles. The number of nitrogens with one attached hydrogen (secondary N) is 1. The topological polar surface area (TPSA) is 30.5 Å². The summed E-state index contributed by atoms with van der Waals surface area (Å²) in [5, 5.41) is 3.61. The number of hydrogen-bond acceptors (Lipinski definition) is 3. The molecule has 0 aliphatic heterocycles. The van der Waals surface area contributed by atoms with E-state index in [2.05, 4.69) is 5.32 Å². The quantitative estimate of drug-likeness (QED) is 0.834. The maximum Gasteiger partial charge on any atom is 0.142 e. The van der Waals surface area contributed by atoms with Gasteiger partial charge in [0, 0.05) is 18.2 Å². The molecule has 0 heterocycles. The molecule has 4 heteroatoms. The van der Waals surface area contributed by atoms with Crippen LogP contribution in [0.2, 0.25) is 5.02 Å². The molecule has 3 nitrogen and oxygen atoms in total. The molecule has 0 bridgehead atoms. The van der Waals surface area contributed by atoms with Crippen LogP contribution in [0.25, 0.3) is 0 Å². The highest BCUT2D eigenvalue weighted by molar-refractivity contribution is 6.32. The summed E-state index contributed by atoms with van der Waals surface area (Å²) in [7, 11) is 5.08. The molecule has 1 aromatic carbocycles. The molecule has 0 aliphatic rings. The van der Waals surface area contributed by atoms with Gasteiger partial charge in [-0.15, -0.1) is 0 Å². The van der Waals surface area contributed by atoms with Gasteiger partial charge in [-0.1, -0.05) is 11.6 Å². The number of halogens is 1. The highest BCUT2D eigenvalue weighted by Gasteiger charge is 2.09. The summed E-state index contributed by atoms with van der Waals surface area (Å²) in [6, 6.07) is 3.64. The van der Waals surface area contributed by atoms with Crippen molar-refractivity contribution in [2.75, 3.05) is 21.3 Å². The Morgan fingerprint density at radius 3 is 2.50 bits per heavy atom. The molecule has 0 radical (unpaired) electrons. The fourth-order valence-corrected chi connectivity index (χ4v) is 1.60.